The second kappa shape index (κ2) is 14.9. The van der Waals surface area contributed by atoms with E-state index in [1.54, 1.807) is 11.3 Å². The first kappa shape index (κ1) is 37.7. The number of thiophene rings is 2. The van der Waals surface area contributed by atoms with Crippen molar-refractivity contribution < 1.29 is 4.42 Å². The average Bonchev–Trinajstić information content (AvgIpc) is 4.18. The molecule has 308 valence electrons. The van der Waals surface area contributed by atoms with Gasteiger partial charge in [0.05, 0.1) is 10.2 Å². The van der Waals surface area contributed by atoms with Crippen LogP contribution in [-0.4, -0.2) is 4.98 Å². The fourth-order valence-corrected chi connectivity index (χ4v) is 13.6. The molecule has 66 heavy (non-hydrogen) atoms. The number of thiazole rings is 1. The van der Waals surface area contributed by atoms with E-state index in [0.717, 1.165) is 60.3 Å². The largest absolute Gasteiger partial charge is 0.455 e. The Bertz CT molecular complexity index is 4010. The summed E-state index contributed by atoms with van der Waals surface area (Å²) in [4.78, 5) is 5.50. The lowest BCUT2D eigenvalue weighted by atomic mass is 9.95. The number of hydrogen-bond donors (Lipinski definition) is 0. The summed E-state index contributed by atoms with van der Waals surface area (Å²) in [6.45, 7) is 0. The van der Waals surface area contributed by atoms with Crippen LogP contribution in [0.4, 0.5) is 0 Å². The monoisotopic (exact) mass is 893 g/mol. The molecule has 0 unspecified atom stereocenters. The van der Waals surface area contributed by atoms with E-state index in [-0.39, 0.29) is 0 Å². The van der Waals surface area contributed by atoms with Gasteiger partial charge in [-0.2, -0.15) is 0 Å². The van der Waals surface area contributed by atoms with Crippen molar-refractivity contribution >= 4 is 107 Å². The van der Waals surface area contributed by atoms with Crippen LogP contribution in [0, 0.1) is 0 Å². The molecule has 2 nitrogen and oxygen atoms in total. The van der Waals surface area contributed by atoms with Crippen LogP contribution >= 0.6 is 34.0 Å². The molecule has 0 atom stereocenters. The summed E-state index contributed by atoms with van der Waals surface area (Å²) < 4.78 is 12.9. The Labute approximate surface area is 391 Å². The van der Waals surface area contributed by atoms with E-state index in [2.05, 4.69) is 200 Å². The normalized spacial score (nSPS) is 11.9. The van der Waals surface area contributed by atoms with E-state index in [0.29, 0.717) is 0 Å². The Morgan fingerprint density at radius 3 is 1.30 bits per heavy atom. The zero-order valence-electron chi connectivity index (χ0n) is 35.3. The summed E-state index contributed by atoms with van der Waals surface area (Å²) in [6.07, 6.45) is 0. The fraction of sp³-hybridized carbons (Fsp3) is 0. The van der Waals surface area contributed by atoms with Gasteiger partial charge in [0.15, 0.2) is 0 Å². The quantitative estimate of drug-likeness (QED) is 0.166. The molecule has 4 heterocycles. The molecule has 0 bridgehead atoms. The number of rotatable bonds is 6. The fourth-order valence-electron chi connectivity index (χ4n) is 9.96. The van der Waals surface area contributed by atoms with Gasteiger partial charge in [0.1, 0.15) is 16.2 Å². The van der Waals surface area contributed by atoms with Gasteiger partial charge in [-0.1, -0.05) is 194 Å². The van der Waals surface area contributed by atoms with E-state index in [1.165, 1.54) is 78.4 Å². The number of fused-ring (bicyclic) bond motifs is 10. The maximum atomic E-state index is 6.42. The van der Waals surface area contributed by atoms with Crippen molar-refractivity contribution in [2.75, 3.05) is 0 Å². The highest BCUT2D eigenvalue weighted by molar-refractivity contribution is 7.26. The molecule has 0 radical (unpaired) electrons. The summed E-state index contributed by atoms with van der Waals surface area (Å²) in [5.74, 6) is 0. The van der Waals surface area contributed by atoms with Gasteiger partial charge in [-0.15, -0.1) is 34.0 Å². The summed E-state index contributed by atoms with van der Waals surface area (Å²) in [5, 5.41) is 8.53. The molecule has 0 fully saturated rings. The second-order valence-corrected chi connectivity index (χ2v) is 20.0. The maximum absolute atomic E-state index is 6.42. The lowest BCUT2D eigenvalue weighted by molar-refractivity contribution is 0.670. The predicted molar refractivity (Wildman–Crippen MR) is 285 cm³/mol. The molecule has 10 aromatic carbocycles. The lowest BCUT2D eigenvalue weighted by Crippen LogP contribution is -1.86. The van der Waals surface area contributed by atoms with Crippen molar-refractivity contribution in [3.05, 3.63) is 212 Å². The zero-order chi connectivity index (χ0) is 43.3. The SMILES string of the molecule is c1ccc2c(c1)oc1c(-c3ccc(-c4nc5c(-c6ccc(-c7cccc8c7sc7ccccc78)cc6)ccc(-c6ccc(-c7cccc8c7sc7ccccc78)cc6)c5s4)cc3)cccc12. The second-order valence-electron chi connectivity index (χ2n) is 16.9. The van der Waals surface area contributed by atoms with Gasteiger partial charge < -0.3 is 4.42 Å². The van der Waals surface area contributed by atoms with Crippen molar-refractivity contribution in [1.29, 1.82) is 0 Å². The smallest absolute Gasteiger partial charge is 0.143 e. The zero-order valence-corrected chi connectivity index (χ0v) is 37.7. The van der Waals surface area contributed by atoms with Crippen molar-refractivity contribution in [2.24, 2.45) is 0 Å². The van der Waals surface area contributed by atoms with Crippen LogP contribution in [0.25, 0.3) is 139 Å². The third-order valence-corrected chi connectivity index (χ3v) is 16.8. The highest BCUT2D eigenvalue weighted by atomic mass is 32.1. The van der Waals surface area contributed by atoms with Crippen molar-refractivity contribution in [3.8, 4) is 66.2 Å². The Morgan fingerprint density at radius 1 is 0.288 bits per heavy atom. The van der Waals surface area contributed by atoms with E-state index < -0.39 is 0 Å². The molecule has 0 N–H and O–H groups in total. The summed E-state index contributed by atoms with van der Waals surface area (Å²) in [6, 6.07) is 77.1. The molecule has 5 heteroatoms. The summed E-state index contributed by atoms with van der Waals surface area (Å²) in [5.41, 5.74) is 15.7. The first-order valence-corrected chi connectivity index (χ1v) is 24.6. The molecule has 0 aliphatic carbocycles. The van der Waals surface area contributed by atoms with Crippen LogP contribution in [0.5, 0.6) is 0 Å². The van der Waals surface area contributed by atoms with Crippen molar-refractivity contribution in [2.45, 2.75) is 0 Å². The minimum atomic E-state index is 0.907. The first-order valence-electron chi connectivity index (χ1n) is 22.2. The molecule has 4 aromatic heterocycles. The third-order valence-electron chi connectivity index (χ3n) is 13.2. The Balaban J connectivity index is 0.873. The lowest BCUT2D eigenvalue weighted by Gasteiger charge is -2.10. The molecule has 0 aliphatic heterocycles. The highest BCUT2D eigenvalue weighted by Gasteiger charge is 2.19. The molecule has 0 aliphatic rings. The average molecular weight is 894 g/mol. The molecular weight excluding hydrogens is 859 g/mol. The summed E-state index contributed by atoms with van der Waals surface area (Å²) in [7, 11) is 0. The number of hydrogen-bond acceptors (Lipinski definition) is 5. The molecule has 0 amide bonds. The predicted octanol–water partition coefficient (Wildman–Crippen LogP) is 18.9. The molecule has 0 spiro atoms. The van der Waals surface area contributed by atoms with Crippen LogP contribution in [0.2, 0.25) is 0 Å². The first-order chi connectivity index (χ1) is 32.7. The van der Waals surface area contributed by atoms with Crippen LogP contribution in [0.3, 0.4) is 0 Å². The molecule has 14 rings (SSSR count). The molecular formula is C61H35NOS3. The van der Waals surface area contributed by atoms with E-state index >= 15 is 0 Å². The Morgan fingerprint density at radius 2 is 0.712 bits per heavy atom. The minimum absolute atomic E-state index is 0.907. The van der Waals surface area contributed by atoms with Crippen LogP contribution in [-0.2, 0) is 0 Å². The third kappa shape index (κ3) is 5.94. The topological polar surface area (TPSA) is 26.0 Å². The van der Waals surface area contributed by atoms with E-state index in [9.17, 15) is 0 Å². The minimum Gasteiger partial charge on any atom is -0.455 e. The van der Waals surface area contributed by atoms with E-state index in [1.807, 2.05) is 34.8 Å². The Kier molecular flexibility index (Phi) is 8.53. The number of nitrogens with zero attached hydrogens (tertiary/aromatic N) is 1. The van der Waals surface area contributed by atoms with Gasteiger partial charge >= 0.3 is 0 Å². The van der Waals surface area contributed by atoms with Gasteiger partial charge in [0.25, 0.3) is 0 Å². The van der Waals surface area contributed by atoms with Crippen molar-refractivity contribution in [1.82, 2.24) is 4.98 Å². The van der Waals surface area contributed by atoms with Gasteiger partial charge in [0.2, 0.25) is 0 Å². The molecule has 14 aromatic rings. The highest BCUT2D eigenvalue weighted by Crippen LogP contribution is 2.46. The van der Waals surface area contributed by atoms with Crippen molar-refractivity contribution in [3.63, 3.8) is 0 Å². The maximum Gasteiger partial charge on any atom is 0.143 e. The standard InChI is InChI=1S/C61H35NOS3/c1-4-19-53-47(10-1)50-16-7-13-43(57(50)63-53)37-30-32-41(33-31-37)61-62-56-42(36-22-24-38(25-23-36)44-14-8-17-51-48-11-2-5-20-54(48)64-58(44)51)34-35-46(60(56)66-61)40-28-26-39(27-29-40)45-15-9-18-52-49-12-3-6-21-55(49)65-59(45)52/h1-35H. The van der Waals surface area contributed by atoms with Gasteiger partial charge in [0, 0.05) is 73.4 Å². The number of furan rings is 1. The van der Waals surface area contributed by atoms with Gasteiger partial charge in [-0.25, -0.2) is 4.98 Å². The van der Waals surface area contributed by atoms with Gasteiger partial charge in [-0.3, -0.25) is 0 Å². The van der Waals surface area contributed by atoms with Crippen LogP contribution < -0.4 is 0 Å². The summed E-state index contributed by atoms with van der Waals surface area (Å²) >= 11 is 5.52. The number of benzene rings is 10. The number of para-hydroxylation sites is 2. The Hall–Kier alpha value is -7.67. The number of aromatic nitrogens is 1. The van der Waals surface area contributed by atoms with Gasteiger partial charge in [-0.05, 0) is 57.1 Å². The van der Waals surface area contributed by atoms with E-state index in [4.69, 9.17) is 9.40 Å². The van der Waals surface area contributed by atoms with Crippen LogP contribution in [0.15, 0.2) is 217 Å². The van der Waals surface area contributed by atoms with Crippen LogP contribution in [0.1, 0.15) is 0 Å². The molecule has 0 saturated heterocycles. The molecule has 0 saturated carbocycles.